The van der Waals surface area contributed by atoms with Crippen molar-refractivity contribution in [1.82, 2.24) is 5.32 Å². The zero-order valence-corrected chi connectivity index (χ0v) is 11.5. The molecule has 0 atom stereocenters. The Kier molecular flexibility index (Phi) is 4.14. The van der Waals surface area contributed by atoms with Crippen LogP contribution in [0.2, 0.25) is 0 Å². The first kappa shape index (κ1) is 13.5. The molecule has 1 amide bonds. The second-order valence-corrected chi connectivity index (χ2v) is 4.81. The molecular formula is C14H19NO4. The Bertz CT molecular complexity index is 454. The number of methoxy groups -OCH3 is 1. The van der Waals surface area contributed by atoms with Gasteiger partial charge in [-0.2, -0.15) is 0 Å². The molecule has 19 heavy (non-hydrogen) atoms. The quantitative estimate of drug-likeness (QED) is 0.902. The van der Waals surface area contributed by atoms with Gasteiger partial charge in [0.2, 0.25) is 5.75 Å². The molecule has 0 bridgehead atoms. The van der Waals surface area contributed by atoms with Gasteiger partial charge < -0.3 is 19.5 Å². The number of hydrogen-bond acceptors (Lipinski definition) is 4. The van der Waals surface area contributed by atoms with Gasteiger partial charge in [0.1, 0.15) is 13.2 Å². The number of ether oxygens (including phenoxy) is 3. The van der Waals surface area contributed by atoms with Gasteiger partial charge in [0.25, 0.3) is 5.91 Å². The van der Waals surface area contributed by atoms with Crippen molar-refractivity contribution in [2.45, 2.75) is 13.8 Å². The number of fused-ring (bicyclic) bond motifs is 1. The Morgan fingerprint density at radius 1 is 1.37 bits per heavy atom. The monoisotopic (exact) mass is 265 g/mol. The van der Waals surface area contributed by atoms with Crippen molar-refractivity contribution in [3.05, 3.63) is 17.7 Å². The second-order valence-electron chi connectivity index (χ2n) is 4.81. The highest BCUT2D eigenvalue weighted by atomic mass is 16.6. The fourth-order valence-corrected chi connectivity index (χ4v) is 1.80. The summed E-state index contributed by atoms with van der Waals surface area (Å²) in [6.45, 7) is 5.69. The van der Waals surface area contributed by atoms with Crippen LogP contribution in [-0.4, -0.2) is 32.8 Å². The van der Waals surface area contributed by atoms with Crippen molar-refractivity contribution < 1.29 is 19.0 Å². The lowest BCUT2D eigenvalue weighted by Crippen LogP contribution is -2.27. The van der Waals surface area contributed by atoms with E-state index in [9.17, 15) is 4.79 Å². The molecular weight excluding hydrogens is 246 g/mol. The maximum atomic E-state index is 12.0. The van der Waals surface area contributed by atoms with E-state index in [1.807, 2.05) is 13.8 Å². The molecule has 0 radical (unpaired) electrons. The summed E-state index contributed by atoms with van der Waals surface area (Å²) >= 11 is 0. The molecule has 0 unspecified atom stereocenters. The number of rotatable bonds is 4. The van der Waals surface area contributed by atoms with Crippen molar-refractivity contribution in [3.63, 3.8) is 0 Å². The number of carbonyl (C=O) groups excluding carboxylic acids is 1. The summed E-state index contributed by atoms with van der Waals surface area (Å²) in [5, 5.41) is 2.87. The van der Waals surface area contributed by atoms with E-state index in [0.717, 1.165) is 0 Å². The lowest BCUT2D eigenvalue weighted by Gasteiger charge is -2.21. The van der Waals surface area contributed by atoms with Crippen molar-refractivity contribution >= 4 is 5.91 Å². The summed E-state index contributed by atoms with van der Waals surface area (Å²) in [6, 6.07) is 3.36. The first-order valence-corrected chi connectivity index (χ1v) is 6.37. The number of nitrogens with one attached hydrogen (secondary N) is 1. The van der Waals surface area contributed by atoms with Gasteiger partial charge in [0, 0.05) is 12.1 Å². The maximum Gasteiger partial charge on any atom is 0.251 e. The number of carbonyl (C=O) groups is 1. The summed E-state index contributed by atoms with van der Waals surface area (Å²) in [4.78, 5) is 12.0. The fourth-order valence-electron chi connectivity index (χ4n) is 1.80. The molecule has 0 aliphatic carbocycles. The van der Waals surface area contributed by atoms with E-state index < -0.39 is 0 Å². The summed E-state index contributed by atoms with van der Waals surface area (Å²) < 4.78 is 16.2. The van der Waals surface area contributed by atoms with Crippen LogP contribution in [0, 0.1) is 5.92 Å². The highest BCUT2D eigenvalue weighted by Gasteiger charge is 2.20. The van der Waals surface area contributed by atoms with Crippen LogP contribution >= 0.6 is 0 Å². The topological polar surface area (TPSA) is 56.8 Å². The van der Waals surface area contributed by atoms with E-state index in [-0.39, 0.29) is 5.91 Å². The molecule has 1 heterocycles. The zero-order chi connectivity index (χ0) is 13.8. The zero-order valence-electron chi connectivity index (χ0n) is 11.5. The lowest BCUT2D eigenvalue weighted by molar-refractivity contribution is 0.0947. The Morgan fingerprint density at radius 3 is 2.79 bits per heavy atom. The van der Waals surface area contributed by atoms with Crippen LogP contribution < -0.4 is 19.5 Å². The van der Waals surface area contributed by atoms with Gasteiger partial charge in [0.15, 0.2) is 11.5 Å². The minimum atomic E-state index is -0.135. The highest BCUT2D eigenvalue weighted by Crippen LogP contribution is 2.40. The third-order valence-electron chi connectivity index (χ3n) is 2.76. The van der Waals surface area contributed by atoms with Crippen LogP contribution in [0.25, 0.3) is 0 Å². The minimum absolute atomic E-state index is 0.135. The Labute approximate surface area is 112 Å². The molecule has 1 aliphatic rings. The molecule has 1 aromatic rings. The van der Waals surface area contributed by atoms with Crippen molar-refractivity contribution in [2.24, 2.45) is 5.92 Å². The van der Waals surface area contributed by atoms with Gasteiger partial charge in [-0.3, -0.25) is 4.79 Å². The summed E-state index contributed by atoms with van der Waals surface area (Å²) in [7, 11) is 1.55. The molecule has 1 N–H and O–H groups in total. The molecule has 1 aliphatic heterocycles. The van der Waals surface area contributed by atoms with Gasteiger partial charge in [-0.1, -0.05) is 13.8 Å². The second kappa shape index (κ2) is 5.82. The van der Waals surface area contributed by atoms with E-state index in [2.05, 4.69) is 5.32 Å². The summed E-state index contributed by atoms with van der Waals surface area (Å²) in [5.74, 6) is 1.91. The Balaban J connectivity index is 2.24. The van der Waals surface area contributed by atoms with Crippen LogP contribution in [0.4, 0.5) is 0 Å². The fraction of sp³-hybridized carbons (Fsp3) is 0.500. The lowest BCUT2D eigenvalue weighted by atomic mass is 10.1. The average Bonchev–Trinajstić information content (AvgIpc) is 2.43. The normalized spacial score (nSPS) is 13.3. The Hall–Kier alpha value is -1.91. The van der Waals surface area contributed by atoms with Crippen LogP contribution in [-0.2, 0) is 0 Å². The standard InChI is InChI=1S/C14H19NO4/c1-9(2)8-15-14(16)10-6-11(17-3)13-12(7-10)18-4-5-19-13/h6-7,9H,4-5,8H2,1-3H3,(H,15,16). The predicted octanol–water partition coefficient (Wildman–Crippen LogP) is 1.85. The molecule has 0 saturated heterocycles. The molecule has 0 fully saturated rings. The predicted molar refractivity (Wildman–Crippen MR) is 71.2 cm³/mol. The minimum Gasteiger partial charge on any atom is -0.493 e. The average molecular weight is 265 g/mol. The van der Waals surface area contributed by atoms with Gasteiger partial charge >= 0.3 is 0 Å². The number of hydrogen-bond donors (Lipinski definition) is 1. The van der Waals surface area contributed by atoms with Gasteiger partial charge in [-0.25, -0.2) is 0 Å². The van der Waals surface area contributed by atoms with Crippen LogP contribution in [0.3, 0.4) is 0 Å². The molecule has 1 aromatic carbocycles. The number of amides is 1. The first-order chi connectivity index (χ1) is 9.11. The Morgan fingerprint density at radius 2 is 2.11 bits per heavy atom. The maximum absolute atomic E-state index is 12.0. The molecule has 2 rings (SSSR count). The highest BCUT2D eigenvalue weighted by molar-refractivity contribution is 5.95. The first-order valence-electron chi connectivity index (χ1n) is 6.37. The van der Waals surface area contributed by atoms with Crippen LogP contribution in [0.15, 0.2) is 12.1 Å². The van der Waals surface area contributed by atoms with Crippen LogP contribution in [0.1, 0.15) is 24.2 Å². The molecule has 5 nitrogen and oxygen atoms in total. The molecule has 104 valence electrons. The third-order valence-corrected chi connectivity index (χ3v) is 2.76. The van der Waals surface area contributed by atoms with Crippen LogP contribution in [0.5, 0.6) is 17.2 Å². The van der Waals surface area contributed by atoms with E-state index in [1.165, 1.54) is 0 Å². The van der Waals surface area contributed by atoms with E-state index in [1.54, 1.807) is 19.2 Å². The van der Waals surface area contributed by atoms with Gasteiger partial charge in [-0.15, -0.1) is 0 Å². The third kappa shape index (κ3) is 3.10. The van der Waals surface area contributed by atoms with Gasteiger partial charge in [-0.05, 0) is 18.1 Å². The van der Waals surface area contributed by atoms with Gasteiger partial charge in [0.05, 0.1) is 7.11 Å². The molecule has 0 aromatic heterocycles. The van der Waals surface area contributed by atoms with Crippen molar-refractivity contribution in [3.8, 4) is 17.2 Å². The van der Waals surface area contributed by atoms with E-state index >= 15 is 0 Å². The molecule has 0 saturated carbocycles. The molecule has 5 heteroatoms. The summed E-state index contributed by atoms with van der Waals surface area (Å²) in [5.41, 5.74) is 0.516. The van der Waals surface area contributed by atoms with Crippen molar-refractivity contribution in [2.75, 3.05) is 26.9 Å². The summed E-state index contributed by atoms with van der Waals surface area (Å²) in [6.07, 6.45) is 0. The largest absolute Gasteiger partial charge is 0.493 e. The van der Waals surface area contributed by atoms with Crippen molar-refractivity contribution in [1.29, 1.82) is 0 Å². The molecule has 0 spiro atoms. The SMILES string of the molecule is COc1cc(C(=O)NCC(C)C)cc2c1OCCO2. The smallest absolute Gasteiger partial charge is 0.251 e. The van der Waals surface area contributed by atoms with E-state index in [4.69, 9.17) is 14.2 Å². The number of benzene rings is 1. The van der Waals surface area contributed by atoms with E-state index in [0.29, 0.717) is 48.5 Å².